The molecule has 5 heteroatoms. The van der Waals surface area contributed by atoms with Gasteiger partial charge in [-0.05, 0) is 53.4 Å². The maximum atomic E-state index is 11.1. The second kappa shape index (κ2) is 6.59. The number of aliphatic hydroxyl groups is 1. The molecule has 1 aliphatic heterocycles. The van der Waals surface area contributed by atoms with Gasteiger partial charge in [-0.2, -0.15) is 0 Å². The van der Waals surface area contributed by atoms with E-state index in [9.17, 15) is 9.90 Å². The van der Waals surface area contributed by atoms with Gasteiger partial charge < -0.3 is 15.3 Å². The normalized spacial score (nSPS) is 17.9. The molecule has 1 saturated heterocycles. The van der Waals surface area contributed by atoms with Crippen LogP contribution in [-0.4, -0.2) is 30.1 Å². The molecule has 0 radical (unpaired) electrons. The highest BCUT2D eigenvalue weighted by Crippen LogP contribution is 2.31. The number of nitrogens with zero attached hydrogens (tertiary/aromatic N) is 1. The Hall–Kier alpha value is -1.07. The van der Waals surface area contributed by atoms with Crippen LogP contribution in [0.4, 0.5) is 5.69 Å². The van der Waals surface area contributed by atoms with Gasteiger partial charge in [-0.25, -0.2) is 0 Å². The molecule has 1 aromatic carbocycles. The van der Waals surface area contributed by atoms with E-state index in [0.29, 0.717) is 6.04 Å². The van der Waals surface area contributed by atoms with E-state index in [1.807, 2.05) is 18.2 Å². The lowest BCUT2D eigenvalue weighted by Crippen LogP contribution is -2.44. The van der Waals surface area contributed by atoms with Crippen molar-refractivity contribution in [3.8, 4) is 0 Å². The van der Waals surface area contributed by atoms with Crippen molar-refractivity contribution in [2.45, 2.75) is 38.8 Å². The molecule has 0 unspecified atom stereocenters. The van der Waals surface area contributed by atoms with Gasteiger partial charge in [0.15, 0.2) is 0 Å². The summed E-state index contributed by atoms with van der Waals surface area (Å²) >= 11 is 3.58. The standard InChI is InChI=1S/C15H21BrN2O2/c1-10(19)12-3-4-15(14(16)9-12)18-7-5-13(6-8-18)17-11(2)20/h3-4,9-10,13,19H,5-8H2,1-2H3,(H,17,20)/t10-/m0/s1. The van der Waals surface area contributed by atoms with Crippen LogP contribution in [0.3, 0.4) is 0 Å². The van der Waals surface area contributed by atoms with Crippen LogP contribution in [0.15, 0.2) is 22.7 Å². The van der Waals surface area contributed by atoms with Crippen LogP contribution in [0, 0.1) is 0 Å². The van der Waals surface area contributed by atoms with Crippen LogP contribution in [0.1, 0.15) is 38.4 Å². The van der Waals surface area contributed by atoms with Crippen molar-refractivity contribution in [1.29, 1.82) is 0 Å². The van der Waals surface area contributed by atoms with E-state index >= 15 is 0 Å². The molecule has 0 spiro atoms. The minimum Gasteiger partial charge on any atom is -0.389 e. The molecule has 1 heterocycles. The number of amides is 1. The number of rotatable bonds is 3. The van der Waals surface area contributed by atoms with Crippen molar-refractivity contribution in [1.82, 2.24) is 5.32 Å². The largest absolute Gasteiger partial charge is 0.389 e. The zero-order chi connectivity index (χ0) is 14.7. The summed E-state index contributed by atoms with van der Waals surface area (Å²) in [7, 11) is 0. The number of hydrogen-bond donors (Lipinski definition) is 2. The van der Waals surface area contributed by atoms with Crippen molar-refractivity contribution in [3.05, 3.63) is 28.2 Å². The minimum atomic E-state index is -0.453. The van der Waals surface area contributed by atoms with E-state index < -0.39 is 6.10 Å². The van der Waals surface area contributed by atoms with Crippen molar-refractivity contribution >= 4 is 27.5 Å². The first-order chi connectivity index (χ1) is 9.47. The number of hydrogen-bond acceptors (Lipinski definition) is 3. The Morgan fingerprint density at radius 3 is 2.60 bits per heavy atom. The quantitative estimate of drug-likeness (QED) is 0.889. The van der Waals surface area contributed by atoms with Gasteiger partial charge in [-0.3, -0.25) is 4.79 Å². The number of carbonyl (C=O) groups excluding carboxylic acids is 1. The third kappa shape index (κ3) is 3.73. The summed E-state index contributed by atoms with van der Waals surface area (Å²) in [4.78, 5) is 13.4. The fraction of sp³-hybridized carbons (Fsp3) is 0.533. The van der Waals surface area contributed by atoms with Crippen LogP contribution < -0.4 is 10.2 Å². The lowest BCUT2D eigenvalue weighted by Gasteiger charge is -2.34. The topological polar surface area (TPSA) is 52.6 Å². The second-order valence-electron chi connectivity index (χ2n) is 5.35. The van der Waals surface area contributed by atoms with Gasteiger partial charge in [-0.15, -0.1) is 0 Å². The molecule has 2 N–H and O–H groups in total. The maximum Gasteiger partial charge on any atom is 0.217 e. The maximum absolute atomic E-state index is 11.1. The molecule has 2 rings (SSSR count). The minimum absolute atomic E-state index is 0.0471. The SMILES string of the molecule is CC(=O)NC1CCN(c2ccc([C@H](C)O)cc2Br)CC1. The molecule has 1 amide bonds. The molecular formula is C15H21BrN2O2. The number of anilines is 1. The van der Waals surface area contributed by atoms with Gasteiger partial charge in [0.25, 0.3) is 0 Å². The van der Waals surface area contributed by atoms with Gasteiger partial charge >= 0.3 is 0 Å². The number of benzene rings is 1. The van der Waals surface area contributed by atoms with Gasteiger partial charge in [0.2, 0.25) is 5.91 Å². The van der Waals surface area contributed by atoms with Crippen LogP contribution in [0.2, 0.25) is 0 Å². The third-order valence-corrected chi connectivity index (χ3v) is 4.33. The van der Waals surface area contributed by atoms with Crippen molar-refractivity contribution in [2.75, 3.05) is 18.0 Å². The summed E-state index contributed by atoms with van der Waals surface area (Å²) in [5, 5.41) is 12.6. The molecule has 0 saturated carbocycles. The molecule has 0 aliphatic carbocycles. The molecule has 1 atom stereocenters. The Bertz CT molecular complexity index is 483. The predicted molar refractivity (Wildman–Crippen MR) is 83.8 cm³/mol. The van der Waals surface area contributed by atoms with E-state index in [1.165, 1.54) is 0 Å². The Morgan fingerprint density at radius 1 is 1.45 bits per heavy atom. The highest BCUT2D eigenvalue weighted by Gasteiger charge is 2.21. The van der Waals surface area contributed by atoms with Gasteiger partial charge in [0.1, 0.15) is 0 Å². The van der Waals surface area contributed by atoms with E-state index in [2.05, 4.69) is 26.1 Å². The monoisotopic (exact) mass is 340 g/mol. The molecular weight excluding hydrogens is 320 g/mol. The van der Waals surface area contributed by atoms with Gasteiger partial charge in [0.05, 0.1) is 11.8 Å². The molecule has 20 heavy (non-hydrogen) atoms. The highest BCUT2D eigenvalue weighted by atomic mass is 79.9. The van der Waals surface area contributed by atoms with Crippen LogP contribution >= 0.6 is 15.9 Å². The van der Waals surface area contributed by atoms with Crippen molar-refractivity contribution in [3.63, 3.8) is 0 Å². The Kier molecular flexibility index (Phi) is 5.05. The van der Waals surface area contributed by atoms with Crippen LogP contribution in [0.25, 0.3) is 0 Å². The van der Waals surface area contributed by atoms with E-state index in [0.717, 1.165) is 41.7 Å². The third-order valence-electron chi connectivity index (χ3n) is 3.70. The van der Waals surface area contributed by atoms with Gasteiger partial charge in [0, 0.05) is 30.5 Å². The first-order valence-electron chi connectivity index (χ1n) is 6.97. The molecule has 1 aromatic rings. The fourth-order valence-electron chi connectivity index (χ4n) is 2.59. The fourth-order valence-corrected chi connectivity index (χ4v) is 3.24. The lowest BCUT2D eigenvalue weighted by molar-refractivity contribution is -0.119. The van der Waals surface area contributed by atoms with E-state index in [1.54, 1.807) is 13.8 Å². The second-order valence-corrected chi connectivity index (χ2v) is 6.20. The molecule has 0 aromatic heterocycles. The lowest BCUT2D eigenvalue weighted by atomic mass is 10.0. The first-order valence-corrected chi connectivity index (χ1v) is 7.76. The molecule has 0 bridgehead atoms. The predicted octanol–water partition coefficient (Wildman–Crippen LogP) is 2.61. The number of carbonyl (C=O) groups is 1. The smallest absolute Gasteiger partial charge is 0.217 e. The average Bonchev–Trinajstić information content (AvgIpc) is 2.39. The van der Waals surface area contributed by atoms with Gasteiger partial charge in [-0.1, -0.05) is 6.07 Å². The molecule has 110 valence electrons. The van der Waals surface area contributed by atoms with Crippen LogP contribution in [0.5, 0.6) is 0 Å². The summed E-state index contributed by atoms with van der Waals surface area (Å²) in [6, 6.07) is 6.27. The molecule has 4 nitrogen and oxygen atoms in total. The molecule has 1 fully saturated rings. The highest BCUT2D eigenvalue weighted by molar-refractivity contribution is 9.10. The van der Waals surface area contributed by atoms with Crippen molar-refractivity contribution < 1.29 is 9.90 Å². The summed E-state index contributed by atoms with van der Waals surface area (Å²) in [6.07, 6.45) is 1.47. The number of nitrogens with one attached hydrogen (secondary N) is 1. The number of halogens is 1. The zero-order valence-electron chi connectivity index (χ0n) is 11.9. The Balaban J connectivity index is 2.02. The summed E-state index contributed by atoms with van der Waals surface area (Å²) < 4.78 is 1.01. The van der Waals surface area contributed by atoms with E-state index in [-0.39, 0.29) is 5.91 Å². The average molecular weight is 341 g/mol. The summed E-state index contributed by atoms with van der Waals surface area (Å²) in [5.74, 6) is 0.0471. The van der Waals surface area contributed by atoms with Crippen LogP contribution in [-0.2, 0) is 4.79 Å². The molecule has 1 aliphatic rings. The van der Waals surface area contributed by atoms with Crippen molar-refractivity contribution in [2.24, 2.45) is 0 Å². The Labute approximate surface area is 128 Å². The number of aliphatic hydroxyl groups excluding tert-OH is 1. The summed E-state index contributed by atoms with van der Waals surface area (Å²) in [5.41, 5.74) is 2.06. The Morgan fingerprint density at radius 2 is 2.10 bits per heavy atom. The summed E-state index contributed by atoms with van der Waals surface area (Å²) in [6.45, 7) is 5.19. The van der Waals surface area contributed by atoms with E-state index in [4.69, 9.17) is 0 Å². The zero-order valence-corrected chi connectivity index (χ0v) is 13.5. The number of piperidine rings is 1. The first kappa shape index (κ1) is 15.3.